The monoisotopic (exact) mass is 400 g/mol. The molecule has 5 nitrogen and oxygen atoms in total. The summed E-state index contributed by atoms with van der Waals surface area (Å²) in [4.78, 5) is 9.37. The minimum Gasteiger partial charge on any atom is -0.381 e. The summed E-state index contributed by atoms with van der Waals surface area (Å²) in [6.07, 6.45) is 7.49. The first-order chi connectivity index (χ1) is 13.8. The maximum Gasteiger partial charge on any atom is 0.126 e. The van der Waals surface area contributed by atoms with E-state index in [2.05, 4.69) is 21.7 Å². The Hall–Kier alpha value is -1.69. The van der Waals surface area contributed by atoms with Gasteiger partial charge < -0.3 is 15.4 Å². The maximum absolute atomic E-state index is 6.48. The first-order valence-corrected chi connectivity index (χ1v) is 10.8. The highest BCUT2D eigenvalue weighted by Gasteiger charge is 2.16. The summed E-state index contributed by atoms with van der Waals surface area (Å²) in [5.74, 6) is 2.20. The van der Waals surface area contributed by atoms with Gasteiger partial charge in [0, 0.05) is 37.2 Å². The van der Waals surface area contributed by atoms with Crippen LogP contribution in [0.3, 0.4) is 0 Å². The molecule has 150 valence electrons. The van der Waals surface area contributed by atoms with E-state index in [0.717, 1.165) is 74.9 Å². The molecule has 0 aromatic carbocycles. The molecule has 0 saturated carbocycles. The zero-order valence-corrected chi connectivity index (χ0v) is 17.0. The molecule has 4 heterocycles. The van der Waals surface area contributed by atoms with Crippen molar-refractivity contribution in [2.45, 2.75) is 32.1 Å². The van der Waals surface area contributed by atoms with Crippen molar-refractivity contribution in [2.75, 3.05) is 38.2 Å². The molecule has 0 aliphatic carbocycles. The van der Waals surface area contributed by atoms with Crippen LogP contribution in [0.5, 0.6) is 0 Å². The van der Waals surface area contributed by atoms with Gasteiger partial charge in [0.25, 0.3) is 0 Å². The molecule has 0 radical (unpaired) electrons. The van der Waals surface area contributed by atoms with E-state index in [9.17, 15) is 0 Å². The lowest BCUT2D eigenvalue weighted by atomic mass is 9.94. The normalized spacial score (nSPS) is 20.8. The molecule has 2 aliphatic heterocycles. The van der Waals surface area contributed by atoms with E-state index in [4.69, 9.17) is 21.3 Å². The third kappa shape index (κ3) is 5.22. The smallest absolute Gasteiger partial charge is 0.126 e. The number of hydrogen-bond donors (Lipinski definition) is 2. The second-order valence-corrected chi connectivity index (χ2v) is 8.32. The molecular weight excluding hydrogens is 372 g/mol. The minimum absolute atomic E-state index is 0.649. The molecule has 2 aromatic rings. The summed E-state index contributed by atoms with van der Waals surface area (Å²) in [6.45, 7) is 4.87. The van der Waals surface area contributed by atoms with Crippen molar-refractivity contribution in [1.29, 1.82) is 0 Å². The summed E-state index contributed by atoms with van der Waals surface area (Å²) in [5.41, 5.74) is 2.95. The molecule has 6 heteroatoms. The van der Waals surface area contributed by atoms with E-state index in [-0.39, 0.29) is 0 Å². The van der Waals surface area contributed by atoms with E-state index in [1.807, 2.05) is 18.2 Å². The van der Waals surface area contributed by atoms with Crippen molar-refractivity contribution in [3.8, 4) is 11.3 Å². The van der Waals surface area contributed by atoms with Gasteiger partial charge in [-0.25, -0.2) is 4.98 Å². The van der Waals surface area contributed by atoms with E-state index in [0.29, 0.717) is 16.9 Å². The summed E-state index contributed by atoms with van der Waals surface area (Å²) < 4.78 is 5.44. The van der Waals surface area contributed by atoms with Crippen molar-refractivity contribution in [1.82, 2.24) is 15.3 Å². The molecule has 0 spiro atoms. The number of nitrogens with one attached hydrogen (secondary N) is 2. The number of nitrogens with zero attached hydrogens (tertiary/aromatic N) is 2. The molecule has 4 rings (SSSR count). The molecular formula is C22H29ClN4O. The number of halogens is 1. The van der Waals surface area contributed by atoms with Crippen LogP contribution in [0.1, 0.15) is 31.4 Å². The Morgan fingerprint density at radius 2 is 2.07 bits per heavy atom. The topological polar surface area (TPSA) is 59.1 Å². The number of anilines is 1. The summed E-state index contributed by atoms with van der Waals surface area (Å²) in [7, 11) is 0. The summed E-state index contributed by atoms with van der Waals surface area (Å²) in [6, 6.07) is 8.19. The van der Waals surface area contributed by atoms with Crippen LogP contribution >= 0.6 is 11.6 Å². The number of ether oxygens (including phenoxy) is 1. The van der Waals surface area contributed by atoms with Crippen LogP contribution in [0.2, 0.25) is 5.02 Å². The van der Waals surface area contributed by atoms with Crippen molar-refractivity contribution >= 4 is 17.4 Å². The lowest BCUT2D eigenvalue weighted by Crippen LogP contribution is -2.31. The fourth-order valence-electron chi connectivity index (χ4n) is 4.07. The Labute approximate surface area is 172 Å². The van der Waals surface area contributed by atoms with E-state index in [1.165, 1.54) is 12.8 Å². The standard InChI is InChI=1S/C22H29ClN4O/c23-20-15-25-18(11-17-3-2-8-24-13-17)12-19(20)21-4-1-5-22(27-21)26-14-16-6-9-28-10-7-16/h1,4-5,12,15-17,24H,2-3,6-11,13-14H2,(H,26,27)/t17-/m0/s1. The quantitative estimate of drug-likeness (QED) is 0.761. The lowest BCUT2D eigenvalue weighted by Gasteiger charge is -2.23. The predicted octanol–water partition coefficient (Wildman–Crippen LogP) is 4.18. The van der Waals surface area contributed by atoms with Gasteiger partial charge in [0.15, 0.2) is 0 Å². The van der Waals surface area contributed by atoms with Crippen LogP contribution in [0.4, 0.5) is 5.82 Å². The average molecular weight is 401 g/mol. The van der Waals surface area contributed by atoms with Crippen LogP contribution in [0.15, 0.2) is 30.5 Å². The Morgan fingerprint density at radius 3 is 2.89 bits per heavy atom. The number of aromatic nitrogens is 2. The van der Waals surface area contributed by atoms with Gasteiger partial charge >= 0.3 is 0 Å². The third-order valence-corrected chi connectivity index (χ3v) is 6.05. The Bertz CT molecular complexity index is 773. The van der Waals surface area contributed by atoms with Gasteiger partial charge in [-0.05, 0) is 75.2 Å². The number of hydrogen-bond acceptors (Lipinski definition) is 5. The third-order valence-electron chi connectivity index (χ3n) is 5.75. The average Bonchev–Trinajstić information content (AvgIpc) is 2.75. The molecule has 1 atom stereocenters. The lowest BCUT2D eigenvalue weighted by molar-refractivity contribution is 0.0699. The molecule has 2 fully saturated rings. The zero-order chi connectivity index (χ0) is 19.2. The fourth-order valence-corrected chi connectivity index (χ4v) is 4.27. The van der Waals surface area contributed by atoms with Crippen LogP contribution in [0.25, 0.3) is 11.3 Å². The highest BCUT2D eigenvalue weighted by atomic mass is 35.5. The fraction of sp³-hybridized carbons (Fsp3) is 0.545. The Morgan fingerprint density at radius 1 is 1.18 bits per heavy atom. The van der Waals surface area contributed by atoms with Crippen molar-refractivity contribution in [3.63, 3.8) is 0 Å². The van der Waals surface area contributed by atoms with Gasteiger partial charge in [-0.3, -0.25) is 4.98 Å². The molecule has 0 amide bonds. The van der Waals surface area contributed by atoms with Gasteiger partial charge in [0.05, 0.1) is 10.7 Å². The molecule has 28 heavy (non-hydrogen) atoms. The second-order valence-electron chi connectivity index (χ2n) is 7.92. The van der Waals surface area contributed by atoms with Gasteiger partial charge in [0.2, 0.25) is 0 Å². The molecule has 0 unspecified atom stereocenters. The first-order valence-electron chi connectivity index (χ1n) is 10.4. The largest absolute Gasteiger partial charge is 0.381 e. The Balaban J connectivity index is 1.45. The van der Waals surface area contributed by atoms with Crippen LogP contribution in [-0.4, -0.2) is 42.8 Å². The second kappa shape index (κ2) is 9.68. The predicted molar refractivity (Wildman–Crippen MR) is 114 cm³/mol. The van der Waals surface area contributed by atoms with Crippen LogP contribution < -0.4 is 10.6 Å². The Kier molecular flexibility index (Phi) is 6.78. The van der Waals surface area contributed by atoms with Crippen molar-refractivity contribution < 1.29 is 4.74 Å². The van der Waals surface area contributed by atoms with Crippen molar-refractivity contribution in [3.05, 3.63) is 41.2 Å². The first kappa shape index (κ1) is 19.6. The molecule has 2 aromatic heterocycles. The number of piperidine rings is 1. The van der Waals surface area contributed by atoms with E-state index in [1.54, 1.807) is 6.20 Å². The van der Waals surface area contributed by atoms with E-state index < -0.39 is 0 Å². The van der Waals surface area contributed by atoms with Gasteiger partial charge in [-0.2, -0.15) is 0 Å². The molecule has 2 aliphatic rings. The summed E-state index contributed by atoms with van der Waals surface area (Å²) >= 11 is 6.48. The highest BCUT2D eigenvalue weighted by Crippen LogP contribution is 2.28. The molecule has 2 N–H and O–H groups in total. The number of pyridine rings is 2. The van der Waals surface area contributed by atoms with Crippen molar-refractivity contribution in [2.24, 2.45) is 11.8 Å². The highest BCUT2D eigenvalue weighted by molar-refractivity contribution is 6.33. The zero-order valence-electron chi connectivity index (χ0n) is 16.3. The van der Waals surface area contributed by atoms with Crippen LogP contribution in [0, 0.1) is 11.8 Å². The van der Waals surface area contributed by atoms with Crippen LogP contribution in [-0.2, 0) is 11.2 Å². The molecule has 0 bridgehead atoms. The van der Waals surface area contributed by atoms with E-state index >= 15 is 0 Å². The van der Waals surface area contributed by atoms with Gasteiger partial charge in [-0.15, -0.1) is 0 Å². The number of rotatable bonds is 6. The minimum atomic E-state index is 0.649. The molecule has 2 saturated heterocycles. The van der Waals surface area contributed by atoms with Gasteiger partial charge in [0.1, 0.15) is 5.82 Å². The SMILES string of the molecule is Clc1cnc(C[C@@H]2CCCNC2)cc1-c1cccc(NCC2CCOCC2)n1. The maximum atomic E-state index is 6.48. The summed E-state index contributed by atoms with van der Waals surface area (Å²) in [5, 5.41) is 7.62. The van der Waals surface area contributed by atoms with Gasteiger partial charge in [-0.1, -0.05) is 17.7 Å².